The summed E-state index contributed by atoms with van der Waals surface area (Å²) in [6.07, 6.45) is 0.912. The molecule has 0 aromatic heterocycles. The maximum atomic E-state index is 12.2. The molecule has 2 aromatic carbocycles. The van der Waals surface area contributed by atoms with Crippen molar-refractivity contribution in [3.05, 3.63) is 64.7 Å². The van der Waals surface area contributed by atoms with E-state index in [1.54, 1.807) is 14.2 Å². The van der Waals surface area contributed by atoms with Crippen molar-refractivity contribution in [1.82, 2.24) is 16.0 Å². The molecule has 0 saturated heterocycles. The molecule has 8 heteroatoms. The summed E-state index contributed by atoms with van der Waals surface area (Å²) in [7, 11) is 3.39. The number of guanidine groups is 1. The van der Waals surface area contributed by atoms with E-state index in [1.807, 2.05) is 44.2 Å². The summed E-state index contributed by atoms with van der Waals surface area (Å²) >= 11 is 0. The van der Waals surface area contributed by atoms with Crippen LogP contribution in [0.5, 0.6) is 5.75 Å². The summed E-state index contributed by atoms with van der Waals surface area (Å²) < 4.78 is 10.9. The molecular formula is C24H35IN4O3. The maximum absolute atomic E-state index is 12.2. The Morgan fingerprint density at radius 1 is 1.03 bits per heavy atom. The molecule has 0 aliphatic heterocycles. The third-order valence-electron chi connectivity index (χ3n) is 4.62. The number of carbonyl (C=O) groups is 1. The molecule has 0 aliphatic rings. The summed E-state index contributed by atoms with van der Waals surface area (Å²) in [5, 5.41) is 9.52. The van der Waals surface area contributed by atoms with Crippen LogP contribution < -0.4 is 20.7 Å². The number of amides is 1. The highest BCUT2D eigenvalue weighted by Crippen LogP contribution is 2.20. The van der Waals surface area contributed by atoms with Gasteiger partial charge in [0, 0.05) is 44.9 Å². The van der Waals surface area contributed by atoms with Gasteiger partial charge in [0.25, 0.3) is 5.91 Å². The minimum absolute atomic E-state index is 0. The molecule has 0 unspecified atom stereocenters. The number of methoxy groups -OCH3 is 1. The highest BCUT2D eigenvalue weighted by Gasteiger charge is 2.08. The summed E-state index contributed by atoms with van der Waals surface area (Å²) in [6.45, 7) is 6.92. The normalized spacial score (nSPS) is 10.8. The van der Waals surface area contributed by atoms with Gasteiger partial charge in [0.1, 0.15) is 12.4 Å². The zero-order valence-corrected chi connectivity index (χ0v) is 21.7. The number of hydrogen-bond acceptors (Lipinski definition) is 4. The van der Waals surface area contributed by atoms with Gasteiger partial charge in [-0.25, -0.2) is 0 Å². The number of halogens is 1. The van der Waals surface area contributed by atoms with Gasteiger partial charge in [0.05, 0.1) is 6.61 Å². The second kappa shape index (κ2) is 15.5. The minimum atomic E-state index is -0.0495. The number of ether oxygens (including phenoxy) is 2. The first-order chi connectivity index (χ1) is 15.1. The Labute approximate surface area is 208 Å². The van der Waals surface area contributed by atoms with Crippen LogP contribution in [0.1, 0.15) is 40.4 Å². The Hall–Kier alpha value is -2.33. The van der Waals surface area contributed by atoms with Crippen LogP contribution in [-0.2, 0) is 17.8 Å². The van der Waals surface area contributed by atoms with Crippen molar-refractivity contribution in [2.24, 2.45) is 4.99 Å². The van der Waals surface area contributed by atoms with Gasteiger partial charge in [0.2, 0.25) is 0 Å². The average Bonchev–Trinajstić information content (AvgIpc) is 2.79. The summed E-state index contributed by atoms with van der Waals surface area (Å²) in [5.74, 6) is 1.46. The fraction of sp³-hybridized carbons (Fsp3) is 0.417. The van der Waals surface area contributed by atoms with Crippen molar-refractivity contribution in [1.29, 1.82) is 0 Å². The topological polar surface area (TPSA) is 84.0 Å². The highest BCUT2D eigenvalue weighted by molar-refractivity contribution is 14.0. The first-order valence-electron chi connectivity index (χ1n) is 10.6. The van der Waals surface area contributed by atoms with Crippen LogP contribution in [-0.4, -0.2) is 45.8 Å². The number of aryl methyl sites for hydroxylation is 1. The highest BCUT2D eigenvalue weighted by atomic mass is 127. The van der Waals surface area contributed by atoms with Gasteiger partial charge in [-0.3, -0.25) is 9.79 Å². The molecule has 0 fully saturated rings. The minimum Gasteiger partial charge on any atom is -0.491 e. The van der Waals surface area contributed by atoms with Crippen LogP contribution >= 0.6 is 24.0 Å². The third-order valence-corrected chi connectivity index (χ3v) is 4.62. The van der Waals surface area contributed by atoms with Gasteiger partial charge in [-0.2, -0.15) is 0 Å². The molecule has 0 saturated carbocycles. The summed E-state index contributed by atoms with van der Waals surface area (Å²) in [4.78, 5) is 16.5. The number of benzene rings is 2. The lowest BCUT2D eigenvalue weighted by Crippen LogP contribution is -2.36. The largest absolute Gasteiger partial charge is 0.491 e. The first-order valence-corrected chi connectivity index (χ1v) is 10.6. The Balaban J connectivity index is 0.00000512. The molecule has 7 nitrogen and oxygen atoms in total. The first kappa shape index (κ1) is 27.7. The van der Waals surface area contributed by atoms with Crippen molar-refractivity contribution in [2.45, 2.75) is 33.4 Å². The molecule has 0 radical (unpaired) electrons. The number of aliphatic imine (C=N–C) groups is 1. The van der Waals surface area contributed by atoms with Gasteiger partial charge in [-0.1, -0.05) is 31.2 Å². The predicted molar refractivity (Wildman–Crippen MR) is 140 cm³/mol. The van der Waals surface area contributed by atoms with E-state index < -0.39 is 0 Å². The predicted octanol–water partition coefficient (Wildman–Crippen LogP) is 3.64. The van der Waals surface area contributed by atoms with Gasteiger partial charge in [-0.05, 0) is 42.7 Å². The standard InChI is InChI=1S/C24H34N4O3.HI/c1-5-11-26-23(29)20-8-6-7-19(15-20)16-27-24(25-3)28-17-21-10-9-18(2)14-22(21)31-13-12-30-4;/h6-10,14-15H,5,11-13,16-17H2,1-4H3,(H,26,29)(H2,25,27,28);1H. The van der Waals surface area contributed by atoms with E-state index in [0.29, 0.717) is 44.4 Å². The molecule has 0 aliphatic carbocycles. The van der Waals surface area contributed by atoms with E-state index in [1.165, 1.54) is 0 Å². The van der Waals surface area contributed by atoms with Crippen LogP contribution in [0.4, 0.5) is 0 Å². The third kappa shape index (κ3) is 9.44. The smallest absolute Gasteiger partial charge is 0.251 e. The van der Waals surface area contributed by atoms with Gasteiger partial charge in [-0.15, -0.1) is 24.0 Å². The monoisotopic (exact) mass is 554 g/mol. The van der Waals surface area contributed by atoms with Crippen LogP contribution in [0.15, 0.2) is 47.5 Å². The van der Waals surface area contributed by atoms with E-state index in [0.717, 1.165) is 28.9 Å². The molecule has 0 bridgehead atoms. The molecule has 0 heterocycles. The number of carbonyl (C=O) groups excluding carboxylic acids is 1. The molecule has 1 amide bonds. The van der Waals surface area contributed by atoms with Crippen molar-refractivity contribution in [2.75, 3.05) is 33.9 Å². The fourth-order valence-electron chi connectivity index (χ4n) is 2.93. The SMILES string of the molecule is CCCNC(=O)c1cccc(CNC(=NC)NCc2ccc(C)cc2OCCOC)c1.I. The quantitative estimate of drug-likeness (QED) is 0.171. The van der Waals surface area contributed by atoms with E-state index in [2.05, 4.69) is 33.1 Å². The Kier molecular flexibility index (Phi) is 13.4. The van der Waals surface area contributed by atoms with Crippen molar-refractivity contribution < 1.29 is 14.3 Å². The van der Waals surface area contributed by atoms with E-state index >= 15 is 0 Å². The Bertz CT molecular complexity index is 874. The molecule has 176 valence electrons. The molecule has 0 atom stereocenters. The molecule has 32 heavy (non-hydrogen) atoms. The molecule has 2 rings (SSSR count). The summed E-state index contributed by atoms with van der Waals surface area (Å²) in [5.41, 5.74) is 3.85. The van der Waals surface area contributed by atoms with Crippen molar-refractivity contribution in [3.8, 4) is 5.75 Å². The summed E-state index contributed by atoms with van der Waals surface area (Å²) in [6, 6.07) is 13.7. The number of hydrogen-bond donors (Lipinski definition) is 3. The second-order valence-corrected chi connectivity index (χ2v) is 7.19. The Morgan fingerprint density at radius 2 is 1.81 bits per heavy atom. The molecular weight excluding hydrogens is 519 g/mol. The maximum Gasteiger partial charge on any atom is 0.251 e. The van der Waals surface area contributed by atoms with E-state index in [9.17, 15) is 4.79 Å². The molecule has 0 spiro atoms. The van der Waals surface area contributed by atoms with Crippen molar-refractivity contribution >= 4 is 35.8 Å². The Morgan fingerprint density at radius 3 is 2.53 bits per heavy atom. The molecule has 2 aromatic rings. The van der Waals surface area contributed by atoms with Crippen LogP contribution in [0.25, 0.3) is 0 Å². The van der Waals surface area contributed by atoms with Gasteiger partial charge in [0.15, 0.2) is 5.96 Å². The van der Waals surface area contributed by atoms with E-state index in [-0.39, 0.29) is 29.9 Å². The number of nitrogens with zero attached hydrogens (tertiary/aromatic N) is 1. The van der Waals surface area contributed by atoms with Gasteiger partial charge < -0.3 is 25.4 Å². The van der Waals surface area contributed by atoms with Crippen LogP contribution in [0.3, 0.4) is 0 Å². The van der Waals surface area contributed by atoms with Gasteiger partial charge >= 0.3 is 0 Å². The number of rotatable bonds is 11. The zero-order chi connectivity index (χ0) is 22.5. The average molecular weight is 554 g/mol. The molecule has 3 N–H and O–H groups in total. The van der Waals surface area contributed by atoms with Crippen LogP contribution in [0.2, 0.25) is 0 Å². The lowest BCUT2D eigenvalue weighted by atomic mass is 10.1. The second-order valence-electron chi connectivity index (χ2n) is 7.19. The van der Waals surface area contributed by atoms with Crippen molar-refractivity contribution in [3.63, 3.8) is 0 Å². The zero-order valence-electron chi connectivity index (χ0n) is 19.4. The number of nitrogens with one attached hydrogen (secondary N) is 3. The van der Waals surface area contributed by atoms with E-state index in [4.69, 9.17) is 9.47 Å². The lowest BCUT2D eigenvalue weighted by molar-refractivity contribution is 0.0953. The fourth-order valence-corrected chi connectivity index (χ4v) is 2.93. The van der Waals surface area contributed by atoms with Crippen LogP contribution in [0, 0.1) is 6.92 Å². The lowest BCUT2D eigenvalue weighted by Gasteiger charge is -2.15.